The zero-order chi connectivity index (χ0) is 14.1. The molecule has 0 aliphatic carbocycles. The van der Waals surface area contributed by atoms with E-state index in [2.05, 4.69) is 39.3 Å². The van der Waals surface area contributed by atoms with Crippen LogP contribution in [-0.2, 0) is 0 Å². The summed E-state index contributed by atoms with van der Waals surface area (Å²) in [5.74, 6) is 0.682. The van der Waals surface area contributed by atoms with E-state index in [9.17, 15) is 4.79 Å². The van der Waals surface area contributed by atoms with Crippen molar-refractivity contribution >= 4 is 22.8 Å². The number of anilines is 1. The maximum absolute atomic E-state index is 12.2. The molecule has 0 atom stereocenters. The Morgan fingerprint density at radius 3 is 2.90 bits per heavy atom. The second-order valence-electron chi connectivity index (χ2n) is 4.95. The third-order valence-electron chi connectivity index (χ3n) is 3.14. The maximum atomic E-state index is 12.2. The van der Waals surface area contributed by atoms with Crippen LogP contribution in [0.15, 0.2) is 30.6 Å². The van der Waals surface area contributed by atoms with E-state index in [-0.39, 0.29) is 5.91 Å². The molecular weight excluding hydrogens is 254 g/mol. The Bertz CT molecular complexity index is 756. The molecule has 3 aromatic rings. The van der Waals surface area contributed by atoms with E-state index in [4.69, 9.17) is 0 Å². The first-order chi connectivity index (χ1) is 9.63. The van der Waals surface area contributed by atoms with Crippen molar-refractivity contribution in [2.45, 2.75) is 19.8 Å². The number of nitrogens with zero attached hydrogens (tertiary/aromatic N) is 2. The number of benzene rings is 1. The van der Waals surface area contributed by atoms with Crippen LogP contribution >= 0.6 is 0 Å². The van der Waals surface area contributed by atoms with Crippen LogP contribution in [0.4, 0.5) is 5.82 Å². The molecule has 2 heterocycles. The average molecular weight is 269 g/mol. The molecule has 1 aromatic carbocycles. The summed E-state index contributed by atoms with van der Waals surface area (Å²) >= 11 is 0. The number of aromatic nitrogens is 4. The van der Waals surface area contributed by atoms with Gasteiger partial charge >= 0.3 is 0 Å². The second kappa shape index (κ2) is 4.80. The van der Waals surface area contributed by atoms with Gasteiger partial charge in [0.25, 0.3) is 5.91 Å². The largest absolute Gasteiger partial charge is 0.345 e. The van der Waals surface area contributed by atoms with Crippen LogP contribution in [0.2, 0.25) is 0 Å². The lowest BCUT2D eigenvalue weighted by Crippen LogP contribution is -2.12. The first kappa shape index (κ1) is 12.4. The van der Waals surface area contributed by atoms with E-state index in [1.165, 1.54) is 0 Å². The SMILES string of the molecule is CC(C)c1cc(NC(=O)c2ccc3nc[nH]c3c2)n[nH]1. The van der Waals surface area contributed by atoms with E-state index in [0.717, 1.165) is 16.7 Å². The van der Waals surface area contributed by atoms with Crippen molar-refractivity contribution in [1.29, 1.82) is 0 Å². The number of fused-ring (bicyclic) bond motifs is 1. The van der Waals surface area contributed by atoms with E-state index in [0.29, 0.717) is 17.3 Å². The van der Waals surface area contributed by atoms with Crippen molar-refractivity contribution < 1.29 is 4.79 Å². The minimum absolute atomic E-state index is 0.191. The molecule has 0 saturated heterocycles. The Morgan fingerprint density at radius 1 is 1.30 bits per heavy atom. The average Bonchev–Trinajstić information content (AvgIpc) is 3.05. The summed E-state index contributed by atoms with van der Waals surface area (Å²) in [6, 6.07) is 7.17. The lowest BCUT2D eigenvalue weighted by molar-refractivity contribution is 0.102. The highest BCUT2D eigenvalue weighted by Gasteiger charge is 2.11. The Balaban J connectivity index is 1.80. The van der Waals surface area contributed by atoms with Crippen molar-refractivity contribution in [3.05, 3.63) is 41.9 Å². The Hall–Kier alpha value is -2.63. The monoisotopic (exact) mass is 269 g/mol. The number of hydrogen-bond donors (Lipinski definition) is 3. The van der Waals surface area contributed by atoms with Gasteiger partial charge in [0.1, 0.15) is 0 Å². The fraction of sp³-hybridized carbons (Fsp3) is 0.214. The molecule has 0 unspecified atom stereocenters. The molecule has 6 heteroatoms. The fourth-order valence-corrected chi connectivity index (χ4v) is 1.96. The molecule has 20 heavy (non-hydrogen) atoms. The standard InChI is InChI=1S/C14H15N5O/c1-8(2)11-6-13(19-18-11)17-14(20)9-3-4-10-12(5-9)16-7-15-10/h3-8H,1-2H3,(H,15,16)(H2,17,18,19,20). The van der Waals surface area contributed by atoms with Crippen molar-refractivity contribution in [3.63, 3.8) is 0 Å². The van der Waals surface area contributed by atoms with Gasteiger partial charge in [-0.1, -0.05) is 13.8 Å². The van der Waals surface area contributed by atoms with Crippen LogP contribution in [0.1, 0.15) is 35.8 Å². The number of hydrogen-bond acceptors (Lipinski definition) is 3. The Labute approximate surface area is 115 Å². The van der Waals surface area contributed by atoms with Crippen LogP contribution in [0.5, 0.6) is 0 Å². The molecule has 1 amide bonds. The normalized spacial score (nSPS) is 11.2. The quantitative estimate of drug-likeness (QED) is 0.683. The summed E-state index contributed by atoms with van der Waals surface area (Å²) in [6.07, 6.45) is 1.61. The number of H-pyrrole nitrogens is 2. The van der Waals surface area contributed by atoms with Gasteiger partial charge < -0.3 is 10.3 Å². The number of nitrogens with one attached hydrogen (secondary N) is 3. The van der Waals surface area contributed by atoms with Gasteiger partial charge in [-0.2, -0.15) is 5.10 Å². The number of amides is 1. The van der Waals surface area contributed by atoms with E-state index < -0.39 is 0 Å². The molecule has 3 rings (SSSR count). The van der Waals surface area contributed by atoms with Crippen molar-refractivity contribution in [1.82, 2.24) is 20.2 Å². The van der Waals surface area contributed by atoms with Crippen molar-refractivity contribution in [3.8, 4) is 0 Å². The van der Waals surface area contributed by atoms with Gasteiger partial charge in [-0.15, -0.1) is 0 Å². The van der Waals surface area contributed by atoms with Crippen molar-refractivity contribution in [2.75, 3.05) is 5.32 Å². The molecule has 3 N–H and O–H groups in total. The molecule has 0 saturated carbocycles. The third kappa shape index (κ3) is 2.27. The third-order valence-corrected chi connectivity index (χ3v) is 3.14. The molecule has 6 nitrogen and oxygen atoms in total. The predicted octanol–water partition coefficient (Wildman–Crippen LogP) is 2.66. The van der Waals surface area contributed by atoms with Crippen LogP contribution in [0.3, 0.4) is 0 Å². The number of imidazole rings is 1. The van der Waals surface area contributed by atoms with Gasteiger partial charge in [-0.25, -0.2) is 4.98 Å². The van der Waals surface area contributed by atoms with E-state index in [1.54, 1.807) is 18.5 Å². The summed E-state index contributed by atoms with van der Waals surface area (Å²) in [7, 11) is 0. The topological polar surface area (TPSA) is 86.5 Å². The smallest absolute Gasteiger partial charge is 0.256 e. The van der Waals surface area contributed by atoms with Crippen LogP contribution in [0, 0.1) is 0 Å². The molecule has 0 radical (unpaired) electrons. The summed E-state index contributed by atoms with van der Waals surface area (Å²) < 4.78 is 0. The highest BCUT2D eigenvalue weighted by molar-refractivity contribution is 6.05. The molecule has 102 valence electrons. The molecule has 0 aliphatic heterocycles. The Morgan fingerprint density at radius 2 is 2.15 bits per heavy atom. The predicted molar refractivity (Wildman–Crippen MR) is 76.7 cm³/mol. The minimum atomic E-state index is -0.191. The van der Waals surface area contributed by atoms with Gasteiger partial charge in [0.05, 0.1) is 17.4 Å². The summed E-state index contributed by atoms with van der Waals surface area (Å²) in [4.78, 5) is 19.3. The first-order valence-electron chi connectivity index (χ1n) is 6.43. The molecule has 0 spiro atoms. The zero-order valence-electron chi connectivity index (χ0n) is 11.3. The van der Waals surface area contributed by atoms with E-state index in [1.807, 2.05) is 12.1 Å². The maximum Gasteiger partial charge on any atom is 0.256 e. The molecule has 2 aromatic heterocycles. The molecule has 0 fully saturated rings. The zero-order valence-corrected chi connectivity index (χ0v) is 11.3. The van der Waals surface area contributed by atoms with Gasteiger partial charge in [0, 0.05) is 17.3 Å². The number of rotatable bonds is 3. The summed E-state index contributed by atoms with van der Waals surface area (Å²) in [6.45, 7) is 4.12. The summed E-state index contributed by atoms with van der Waals surface area (Å²) in [5.41, 5.74) is 3.23. The Kier molecular flexibility index (Phi) is 2.98. The highest BCUT2D eigenvalue weighted by atomic mass is 16.1. The fourth-order valence-electron chi connectivity index (χ4n) is 1.96. The summed E-state index contributed by atoms with van der Waals surface area (Å²) in [5, 5.41) is 9.76. The van der Waals surface area contributed by atoms with Crippen LogP contribution in [-0.4, -0.2) is 26.1 Å². The lowest BCUT2D eigenvalue weighted by Gasteiger charge is -2.01. The van der Waals surface area contributed by atoms with Crippen LogP contribution in [0.25, 0.3) is 11.0 Å². The first-order valence-corrected chi connectivity index (χ1v) is 6.43. The van der Waals surface area contributed by atoms with Gasteiger partial charge in [-0.3, -0.25) is 9.89 Å². The van der Waals surface area contributed by atoms with E-state index >= 15 is 0 Å². The van der Waals surface area contributed by atoms with Crippen LogP contribution < -0.4 is 5.32 Å². The molecular formula is C14H15N5O. The minimum Gasteiger partial charge on any atom is -0.345 e. The molecule has 0 aliphatic rings. The highest BCUT2D eigenvalue weighted by Crippen LogP contribution is 2.16. The van der Waals surface area contributed by atoms with Gasteiger partial charge in [0.15, 0.2) is 5.82 Å². The second-order valence-corrected chi connectivity index (χ2v) is 4.95. The van der Waals surface area contributed by atoms with Gasteiger partial charge in [-0.05, 0) is 24.1 Å². The lowest BCUT2D eigenvalue weighted by atomic mass is 10.1. The van der Waals surface area contributed by atoms with Gasteiger partial charge in [0.2, 0.25) is 0 Å². The number of aromatic amines is 2. The number of carbonyl (C=O) groups excluding carboxylic acids is 1. The molecule has 0 bridgehead atoms. The van der Waals surface area contributed by atoms with Crippen molar-refractivity contribution in [2.24, 2.45) is 0 Å². The number of carbonyl (C=O) groups is 1.